The summed E-state index contributed by atoms with van der Waals surface area (Å²) in [4.78, 5) is 20.6. The third-order valence-corrected chi connectivity index (χ3v) is 3.53. The average molecular weight is 289 g/mol. The second kappa shape index (κ2) is 5.76. The highest BCUT2D eigenvalue weighted by molar-refractivity contribution is 7.86. The molecule has 19 heavy (non-hydrogen) atoms. The summed E-state index contributed by atoms with van der Waals surface area (Å²) in [5.74, 6) is -0.842. The molecule has 0 aromatic heterocycles. The molecule has 1 atom stereocenters. The molecule has 8 nitrogen and oxygen atoms in total. The predicted molar refractivity (Wildman–Crippen MR) is 62.8 cm³/mol. The molecule has 1 aromatic rings. The normalized spacial score (nSPS) is 12.7. The first kappa shape index (κ1) is 15.1. The standard InChI is InChI=1S/C10H11NO7S/c1-7(10(12)17-2)18-19(15,16)9-5-3-8(4-6-9)11(13)14/h3-7H,1-2H3/t7-/m0/s1. The molecule has 0 aliphatic heterocycles. The SMILES string of the molecule is COC(=O)[C@H](C)OS(=O)(=O)c1ccc([N+](=O)[O-])cc1. The second-order valence-electron chi connectivity index (χ2n) is 3.47. The summed E-state index contributed by atoms with van der Waals surface area (Å²) in [6.45, 7) is 1.22. The minimum absolute atomic E-state index is 0.250. The van der Waals surface area contributed by atoms with E-state index in [1.807, 2.05) is 0 Å². The van der Waals surface area contributed by atoms with Crippen LogP contribution >= 0.6 is 0 Å². The van der Waals surface area contributed by atoms with Gasteiger partial charge in [0.2, 0.25) is 0 Å². The van der Waals surface area contributed by atoms with E-state index in [-0.39, 0.29) is 10.6 Å². The van der Waals surface area contributed by atoms with E-state index in [4.69, 9.17) is 0 Å². The Kier molecular flexibility index (Phi) is 4.57. The first-order chi connectivity index (χ1) is 8.77. The predicted octanol–water partition coefficient (Wildman–Crippen LogP) is 0.862. The average Bonchev–Trinajstić information content (AvgIpc) is 2.37. The van der Waals surface area contributed by atoms with Gasteiger partial charge in [0.05, 0.1) is 16.9 Å². The molecule has 0 saturated heterocycles. The quantitative estimate of drug-likeness (QED) is 0.342. The number of benzene rings is 1. The Morgan fingerprint density at radius 1 is 1.32 bits per heavy atom. The third-order valence-electron chi connectivity index (χ3n) is 2.14. The largest absolute Gasteiger partial charge is 0.467 e. The fourth-order valence-electron chi connectivity index (χ4n) is 1.19. The zero-order valence-corrected chi connectivity index (χ0v) is 10.9. The Hall–Kier alpha value is -2.00. The van der Waals surface area contributed by atoms with E-state index >= 15 is 0 Å². The number of nitro groups is 1. The van der Waals surface area contributed by atoms with Crippen LogP contribution in [0.3, 0.4) is 0 Å². The summed E-state index contributed by atoms with van der Waals surface area (Å²) >= 11 is 0. The lowest BCUT2D eigenvalue weighted by atomic mass is 10.3. The Labute approximate surface area is 109 Å². The molecule has 0 aliphatic carbocycles. The molecule has 1 aromatic carbocycles. The van der Waals surface area contributed by atoms with Crippen LogP contribution in [0, 0.1) is 10.1 Å². The lowest BCUT2D eigenvalue weighted by molar-refractivity contribution is -0.384. The fourth-order valence-corrected chi connectivity index (χ4v) is 2.22. The summed E-state index contributed by atoms with van der Waals surface area (Å²) < 4.78 is 32.4. The van der Waals surface area contributed by atoms with E-state index in [9.17, 15) is 23.3 Å². The van der Waals surface area contributed by atoms with Crippen molar-refractivity contribution in [1.29, 1.82) is 0 Å². The van der Waals surface area contributed by atoms with Gasteiger partial charge in [-0.15, -0.1) is 0 Å². The highest BCUT2D eigenvalue weighted by Gasteiger charge is 2.24. The Morgan fingerprint density at radius 3 is 2.26 bits per heavy atom. The maximum absolute atomic E-state index is 11.7. The number of non-ortho nitro benzene ring substituents is 1. The Balaban J connectivity index is 2.94. The van der Waals surface area contributed by atoms with Gasteiger partial charge in [-0.2, -0.15) is 8.42 Å². The van der Waals surface area contributed by atoms with Crippen LogP contribution in [0.5, 0.6) is 0 Å². The zero-order chi connectivity index (χ0) is 14.6. The number of carbonyl (C=O) groups excluding carboxylic acids is 1. The molecule has 0 radical (unpaired) electrons. The monoisotopic (exact) mass is 289 g/mol. The Morgan fingerprint density at radius 2 is 1.84 bits per heavy atom. The number of methoxy groups -OCH3 is 1. The van der Waals surface area contributed by atoms with Crippen molar-refractivity contribution in [3.8, 4) is 0 Å². The second-order valence-corrected chi connectivity index (χ2v) is 5.04. The molecule has 0 amide bonds. The van der Waals surface area contributed by atoms with E-state index in [2.05, 4.69) is 8.92 Å². The van der Waals surface area contributed by atoms with E-state index in [1.165, 1.54) is 6.92 Å². The maximum atomic E-state index is 11.7. The molecule has 9 heteroatoms. The van der Waals surface area contributed by atoms with E-state index < -0.39 is 27.1 Å². The first-order valence-electron chi connectivity index (χ1n) is 5.03. The van der Waals surface area contributed by atoms with Crippen molar-refractivity contribution in [2.75, 3.05) is 7.11 Å². The lowest BCUT2D eigenvalue weighted by Gasteiger charge is -2.10. The molecule has 0 N–H and O–H groups in total. The van der Waals surface area contributed by atoms with Crippen molar-refractivity contribution in [2.24, 2.45) is 0 Å². The molecular weight excluding hydrogens is 278 g/mol. The number of nitro benzene ring substituents is 1. The smallest absolute Gasteiger partial charge is 0.336 e. The van der Waals surface area contributed by atoms with Crippen LogP contribution < -0.4 is 0 Å². The van der Waals surface area contributed by atoms with Gasteiger partial charge in [-0.1, -0.05) is 0 Å². The van der Waals surface area contributed by atoms with Crippen LogP contribution in [-0.2, 0) is 23.8 Å². The minimum atomic E-state index is -4.18. The number of nitrogens with zero attached hydrogens (tertiary/aromatic N) is 1. The molecule has 0 fully saturated rings. The topological polar surface area (TPSA) is 113 Å². The molecule has 0 saturated carbocycles. The Bertz CT molecular complexity index is 578. The van der Waals surface area contributed by atoms with E-state index in [0.717, 1.165) is 31.4 Å². The number of carbonyl (C=O) groups is 1. The fraction of sp³-hybridized carbons (Fsp3) is 0.300. The number of hydrogen-bond donors (Lipinski definition) is 0. The molecule has 0 heterocycles. The molecule has 0 bridgehead atoms. The lowest BCUT2D eigenvalue weighted by Crippen LogP contribution is -2.25. The number of rotatable bonds is 5. The maximum Gasteiger partial charge on any atom is 0.336 e. The van der Waals surface area contributed by atoms with Crippen molar-refractivity contribution in [2.45, 2.75) is 17.9 Å². The van der Waals surface area contributed by atoms with Gasteiger partial charge < -0.3 is 4.74 Å². The molecule has 104 valence electrons. The molecule has 0 aliphatic rings. The van der Waals surface area contributed by atoms with Crippen LogP contribution in [0.4, 0.5) is 5.69 Å². The third kappa shape index (κ3) is 3.73. The molecule has 0 unspecified atom stereocenters. The van der Waals surface area contributed by atoms with Gasteiger partial charge in [0, 0.05) is 12.1 Å². The highest BCUT2D eigenvalue weighted by Crippen LogP contribution is 2.18. The van der Waals surface area contributed by atoms with Crippen molar-refractivity contribution in [3.05, 3.63) is 34.4 Å². The van der Waals surface area contributed by atoms with E-state index in [1.54, 1.807) is 0 Å². The van der Waals surface area contributed by atoms with Gasteiger partial charge in [-0.3, -0.25) is 14.3 Å². The minimum Gasteiger partial charge on any atom is -0.467 e. The van der Waals surface area contributed by atoms with Gasteiger partial charge in [-0.05, 0) is 19.1 Å². The number of esters is 1. The van der Waals surface area contributed by atoms with Crippen molar-refractivity contribution < 1.29 is 27.1 Å². The van der Waals surface area contributed by atoms with Crippen LogP contribution in [0.2, 0.25) is 0 Å². The number of hydrogen-bond acceptors (Lipinski definition) is 7. The summed E-state index contributed by atoms with van der Waals surface area (Å²) in [6.07, 6.45) is -1.30. The van der Waals surface area contributed by atoms with Gasteiger partial charge >= 0.3 is 5.97 Å². The van der Waals surface area contributed by atoms with Crippen molar-refractivity contribution in [1.82, 2.24) is 0 Å². The summed E-state index contributed by atoms with van der Waals surface area (Å²) in [6, 6.07) is 4.10. The molecule has 1 rings (SSSR count). The van der Waals surface area contributed by atoms with Crippen LogP contribution in [0.1, 0.15) is 6.92 Å². The van der Waals surface area contributed by atoms with Crippen LogP contribution in [0.25, 0.3) is 0 Å². The van der Waals surface area contributed by atoms with Gasteiger partial charge in [0.15, 0.2) is 6.10 Å². The van der Waals surface area contributed by atoms with Crippen LogP contribution in [0.15, 0.2) is 29.2 Å². The zero-order valence-electron chi connectivity index (χ0n) is 10.1. The molecule has 0 spiro atoms. The first-order valence-corrected chi connectivity index (χ1v) is 6.44. The van der Waals surface area contributed by atoms with Gasteiger partial charge in [0.1, 0.15) is 0 Å². The van der Waals surface area contributed by atoms with Crippen LogP contribution in [-0.4, -0.2) is 32.5 Å². The summed E-state index contributed by atoms with van der Waals surface area (Å²) in [5, 5.41) is 10.4. The highest BCUT2D eigenvalue weighted by atomic mass is 32.2. The van der Waals surface area contributed by atoms with Gasteiger partial charge in [0.25, 0.3) is 15.8 Å². The van der Waals surface area contributed by atoms with E-state index in [0.29, 0.717) is 0 Å². The summed E-state index contributed by atoms with van der Waals surface area (Å²) in [5.41, 5.74) is -0.250. The van der Waals surface area contributed by atoms with Crippen molar-refractivity contribution >= 4 is 21.8 Å². The number of ether oxygens (including phenoxy) is 1. The summed E-state index contributed by atoms with van der Waals surface area (Å²) in [7, 11) is -3.08. The van der Waals surface area contributed by atoms with Gasteiger partial charge in [-0.25, -0.2) is 4.79 Å². The molecular formula is C10H11NO7S. The van der Waals surface area contributed by atoms with Crippen molar-refractivity contribution in [3.63, 3.8) is 0 Å².